The Hall–Kier alpha value is -4.21. The van der Waals surface area contributed by atoms with Crippen molar-refractivity contribution in [2.75, 3.05) is 17.4 Å². The lowest BCUT2D eigenvalue weighted by Gasteiger charge is -2.34. The van der Waals surface area contributed by atoms with Crippen molar-refractivity contribution in [2.45, 2.75) is 50.6 Å². The van der Waals surface area contributed by atoms with Crippen LogP contribution in [-0.2, 0) is 32.6 Å². The second-order valence-electron chi connectivity index (χ2n) is 10.8. The van der Waals surface area contributed by atoms with Crippen LogP contribution in [0.4, 0.5) is 10.1 Å². The van der Waals surface area contributed by atoms with Crippen LogP contribution in [0.1, 0.15) is 36.5 Å². The number of nitrogens with one attached hydrogen (secondary N) is 1. The van der Waals surface area contributed by atoms with Gasteiger partial charge in [-0.1, -0.05) is 91.2 Å². The molecular weight excluding hydrogens is 613 g/mol. The fourth-order valence-electron chi connectivity index (χ4n) is 4.84. The van der Waals surface area contributed by atoms with E-state index in [2.05, 4.69) is 5.32 Å². The molecular formula is C35H37ClFN3O4S. The Kier molecular flexibility index (Phi) is 11.7. The number of unbranched alkanes of at least 4 members (excludes halogenated alkanes) is 1. The van der Waals surface area contributed by atoms with Crippen LogP contribution in [-0.4, -0.2) is 44.3 Å². The minimum atomic E-state index is -4.25. The van der Waals surface area contributed by atoms with Crippen LogP contribution in [0.25, 0.3) is 0 Å². The monoisotopic (exact) mass is 649 g/mol. The molecule has 0 fully saturated rings. The van der Waals surface area contributed by atoms with Crippen LogP contribution in [0.15, 0.2) is 108 Å². The maximum atomic E-state index is 15.0. The van der Waals surface area contributed by atoms with Crippen molar-refractivity contribution in [3.05, 3.63) is 131 Å². The number of aryl methyl sites for hydroxylation is 1. The maximum absolute atomic E-state index is 15.0. The molecule has 0 saturated heterocycles. The van der Waals surface area contributed by atoms with Crippen molar-refractivity contribution < 1.29 is 22.4 Å². The first-order chi connectivity index (χ1) is 21.6. The lowest BCUT2D eigenvalue weighted by atomic mass is 10.0. The van der Waals surface area contributed by atoms with E-state index in [1.807, 2.05) is 44.2 Å². The van der Waals surface area contributed by atoms with E-state index in [1.165, 1.54) is 47.4 Å². The van der Waals surface area contributed by atoms with Gasteiger partial charge in [-0.2, -0.15) is 0 Å². The van der Waals surface area contributed by atoms with Gasteiger partial charge in [-0.05, 0) is 61.4 Å². The molecule has 1 unspecified atom stereocenters. The van der Waals surface area contributed by atoms with E-state index in [1.54, 1.807) is 30.3 Å². The number of halogens is 2. The molecule has 0 saturated carbocycles. The second kappa shape index (κ2) is 15.7. The number of anilines is 1. The number of nitrogens with zero attached hydrogens (tertiary/aromatic N) is 2. The van der Waals surface area contributed by atoms with E-state index in [-0.39, 0.29) is 29.1 Å². The second-order valence-corrected chi connectivity index (χ2v) is 13.1. The van der Waals surface area contributed by atoms with Gasteiger partial charge in [0.2, 0.25) is 11.8 Å². The molecule has 1 N–H and O–H groups in total. The van der Waals surface area contributed by atoms with Gasteiger partial charge in [0.25, 0.3) is 10.0 Å². The molecule has 0 heterocycles. The Bertz CT molecular complexity index is 1680. The molecule has 0 aliphatic rings. The summed E-state index contributed by atoms with van der Waals surface area (Å²) in [6.45, 7) is 3.36. The van der Waals surface area contributed by atoms with Gasteiger partial charge in [0.15, 0.2) is 0 Å². The molecule has 10 heteroatoms. The molecule has 4 aromatic rings. The number of sulfonamides is 1. The van der Waals surface area contributed by atoms with E-state index in [0.29, 0.717) is 11.6 Å². The molecule has 7 nitrogen and oxygen atoms in total. The van der Waals surface area contributed by atoms with Crippen molar-refractivity contribution in [1.82, 2.24) is 10.2 Å². The van der Waals surface area contributed by atoms with Crippen LogP contribution in [0.2, 0.25) is 5.02 Å². The van der Waals surface area contributed by atoms with Crippen molar-refractivity contribution in [1.29, 1.82) is 0 Å². The molecule has 0 radical (unpaired) electrons. The SMILES string of the molecule is CCCCNC(=O)C(Cc1ccccc1)N(Cc1ccccc1F)C(=O)CN(c1ccc(Cl)cc1)S(=O)(=O)c1ccc(C)cc1. The Morgan fingerprint density at radius 1 is 0.889 bits per heavy atom. The first-order valence-corrected chi connectivity index (χ1v) is 16.6. The molecule has 236 valence electrons. The van der Waals surface area contributed by atoms with Gasteiger partial charge in [-0.3, -0.25) is 13.9 Å². The third-order valence-electron chi connectivity index (χ3n) is 7.40. The van der Waals surface area contributed by atoms with Crippen LogP contribution in [0.3, 0.4) is 0 Å². The minimum absolute atomic E-state index is 0.00496. The highest BCUT2D eigenvalue weighted by Crippen LogP contribution is 2.27. The number of benzene rings is 4. The quantitative estimate of drug-likeness (QED) is 0.157. The van der Waals surface area contributed by atoms with E-state index >= 15 is 4.39 Å². The summed E-state index contributed by atoms with van der Waals surface area (Å²) in [6, 6.07) is 26.6. The number of hydrogen-bond donors (Lipinski definition) is 1. The molecule has 0 bridgehead atoms. The minimum Gasteiger partial charge on any atom is -0.354 e. The van der Waals surface area contributed by atoms with Crippen LogP contribution < -0.4 is 9.62 Å². The molecule has 0 aromatic heterocycles. The number of carbonyl (C=O) groups excluding carboxylic acids is 2. The molecule has 4 aromatic carbocycles. The Morgan fingerprint density at radius 2 is 1.53 bits per heavy atom. The average molecular weight is 650 g/mol. The number of hydrogen-bond acceptors (Lipinski definition) is 4. The van der Waals surface area contributed by atoms with E-state index < -0.39 is 40.2 Å². The summed E-state index contributed by atoms with van der Waals surface area (Å²) in [5.74, 6) is -1.62. The summed E-state index contributed by atoms with van der Waals surface area (Å²) in [5, 5.41) is 3.31. The Balaban J connectivity index is 1.79. The van der Waals surface area contributed by atoms with Crippen LogP contribution in [0.5, 0.6) is 0 Å². The van der Waals surface area contributed by atoms with Gasteiger partial charge in [0, 0.05) is 30.1 Å². The Morgan fingerprint density at radius 3 is 2.18 bits per heavy atom. The summed E-state index contributed by atoms with van der Waals surface area (Å²) in [7, 11) is -4.25. The molecule has 0 spiro atoms. The first kappa shape index (κ1) is 33.7. The van der Waals surface area contributed by atoms with Crippen molar-refractivity contribution in [2.24, 2.45) is 0 Å². The topological polar surface area (TPSA) is 86.8 Å². The average Bonchev–Trinajstić information content (AvgIpc) is 3.03. The highest BCUT2D eigenvalue weighted by atomic mass is 35.5. The van der Waals surface area contributed by atoms with Gasteiger partial charge in [-0.15, -0.1) is 0 Å². The summed E-state index contributed by atoms with van der Waals surface area (Å²) in [5.41, 5.74) is 2.08. The third kappa shape index (κ3) is 8.93. The largest absolute Gasteiger partial charge is 0.354 e. The van der Waals surface area contributed by atoms with Crippen molar-refractivity contribution in [3.63, 3.8) is 0 Å². The standard InChI is InChI=1S/C35H37ClFN3O4S/c1-3-4-22-38-35(42)33(23-27-10-6-5-7-11-27)39(24-28-12-8-9-13-32(28)37)34(41)25-40(30-18-16-29(36)17-19-30)45(43,44)31-20-14-26(2)15-21-31/h5-21,33H,3-4,22-25H2,1-2H3,(H,38,42). The van der Waals surface area contributed by atoms with Crippen LogP contribution >= 0.6 is 11.6 Å². The molecule has 1 atom stereocenters. The van der Waals surface area contributed by atoms with E-state index in [9.17, 15) is 18.0 Å². The smallest absolute Gasteiger partial charge is 0.264 e. The summed E-state index contributed by atoms with van der Waals surface area (Å²) >= 11 is 6.11. The predicted molar refractivity (Wildman–Crippen MR) is 176 cm³/mol. The highest BCUT2D eigenvalue weighted by molar-refractivity contribution is 7.92. The highest BCUT2D eigenvalue weighted by Gasteiger charge is 2.35. The van der Waals surface area contributed by atoms with Crippen molar-refractivity contribution in [3.8, 4) is 0 Å². The fourth-order valence-corrected chi connectivity index (χ4v) is 6.38. The number of rotatable bonds is 14. The zero-order chi connectivity index (χ0) is 32.4. The summed E-state index contributed by atoms with van der Waals surface area (Å²) in [4.78, 5) is 29.4. The summed E-state index contributed by atoms with van der Waals surface area (Å²) in [6.07, 6.45) is 1.74. The summed E-state index contributed by atoms with van der Waals surface area (Å²) < 4.78 is 44.1. The molecule has 0 aliphatic carbocycles. The number of carbonyl (C=O) groups is 2. The predicted octanol–water partition coefficient (Wildman–Crippen LogP) is 6.54. The number of amides is 2. The third-order valence-corrected chi connectivity index (χ3v) is 9.44. The van der Waals surface area contributed by atoms with Gasteiger partial charge in [0.05, 0.1) is 10.6 Å². The normalized spacial score (nSPS) is 11.9. The zero-order valence-electron chi connectivity index (χ0n) is 25.3. The van der Waals surface area contributed by atoms with E-state index in [4.69, 9.17) is 11.6 Å². The molecule has 45 heavy (non-hydrogen) atoms. The molecule has 0 aliphatic heterocycles. The van der Waals surface area contributed by atoms with Gasteiger partial charge in [0.1, 0.15) is 18.4 Å². The Labute approximate surface area is 269 Å². The maximum Gasteiger partial charge on any atom is 0.264 e. The zero-order valence-corrected chi connectivity index (χ0v) is 26.9. The first-order valence-electron chi connectivity index (χ1n) is 14.8. The molecule has 4 rings (SSSR count). The van der Waals surface area contributed by atoms with E-state index in [0.717, 1.165) is 28.3 Å². The lowest BCUT2D eigenvalue weighted by Crippen LogP contribution is -2.53. The van der Waals surface area contributed by atoms with Gasteiger partial charge in [-0.25, -0.2) is 12.8 Å². The molecule has 2 amide bonds. The lowest BCUT2D eigenvalue weighted by molar-refractivity contribution is -0.140. The van der Waals surface area contributed by atoms with Crippen molar-refractivity contribution >= 4 is 39.1 Å². The fraction of sp³-hybridized carbons (Fsp3) is 0.257. The van der Waals surface area contributed by atoms with Gasteiger partial charge >= 0.3 is 0 Å². The van der Waals surface area contributed by atoms with Gasteiger partial charge < -0.3 is 10.2 Å². The van der Waals surface area contributed by atoms with Crippen LogP contribution in [0, 0.1) is 12.7 Å².